The number of hydrogen-bond acceptors (Lipinski definition) is 0. The molecule has 0 aliphatic heterocycles. The molecular formula is C29H32IP. The van der Waals surface area contributed by atoms with E-state index in [1.807, 2.05) is 0 Å². The van der Waals surface area contributed by atoms with Crippen LogP contribution in [0.1, 0.15) is 42.9 Å². The SMILES string of the molecule is CCCCC[P+](/C=C/c1ccccc1)(/C=C/c1ccccc1)/C=C/c1ccccc1.[I-]. The first-order valence-electron chi connectivity index (χ1n) is 10.9. The van der Waals surface area contributed by atoms with Gasteiger partial charge in [-0.3, -0.25) is 0 Å². The van der Waals surface area contributed by atoms with Crippen LogP contribution in [0.4, 0.5) is 0 Å². The molecule has 160 valence electrons. The van der Waals surface area contributed by atoms with E-state index in [-0.39, 0.29) is 24.0 Å². The molecule has 3 aromatic rings. The normalized spacial score (nSPS) is 11.9. The van der Waals surface area contributed by atoms with Crippen molar-refractivity contribution in [1.29, 1.82) is 0 Å². The highest BCUT2D eigenvalue weighted by atomic mass is 127. The van der Waals surface area contributed by atoms with Gasteiger partial charge in [0.25, 0.3) is 0 Å². The highest BCUT2D eigenvalue weighted by Gasteiger charge is 2.28. The van der Waals surface area contributed by atoms with Crippen molar-refractivity contribution in [3.63, 3.8) is 0 Å². The molecule has 0 aliphatic carbocycles. The molecule has 0 unspecified atom stereocenters. The van der Waals surface area contributed by atoms with Gasteiger partial charge in [0.2, 0.25) is 0 Å². The maximum atomic E-state index is 2.48. The maximum absolute atomic E-state index is 2.48. The van der Waals surface area contributed by atoms with Crippen molar-refractivity contribution >= 4 is 25.5 Å². The van der Waals surface area contributed by atoms with Crippen molar-refractivity contribution in [2.24, 2.45) is 0 Å². The van der Waals surface area contributed by atoms with Gasteiger partial charge in [0.1, 0.15) is 0 Å². The van der Waals surface area contributed by atoms with Gasteiger partial charge in [-0.2, -0.15) is 0 Å². The van der Waals surface area contributed by atoms with Gasteiger partial charge in [0, 0.05) is 0 Å². The van der Waals surface area contributed by atoms with Gasteiger partial charge < -0.3 is 24.0 Å². The lowest BCUT2D eigenvalue weighted by Gasteiger charge is -2.16. The average Bonchev–Trinajstić information content (AvgIpc) is 2.82. The van der Waals surface area contributed by atoms with Crippen LogP contribution in [0.5, 0.6) is 0 Å². The van der Waals surface area contributed by atoms with Gasteiger partial charge in [0.15, 0.2) is 0 Å². The van der Waals surface area contributed by atoms with Crippen molar-refractivity contribution < 1.29 is 24.0 Å². The largest absolute Gasteiger partial charge is 1.00 e. The molecule has 0 aliphatic rings. The van der Waals surface area contributed by atoms with Gasteiger partial charge >= 0.3 is 0 Å². The molecule has 2 heteroatoms. The number of halogens is 1. The Morgan fingerprint density at radius 3 is 1.23 bits per heavy atom. The van der Waals surface area contributed by atoms with Crippen LogP contribution in [0.15, 0.2) is 108 Å². The van der Waals surface area contributed by atoms with E-state index in [0.717, 1.165) is 0 Å². The second-order valence-corrected chi connectivity index (χ2v) is 10.9. The van der Waals surface area contributed by atoms with Gasteiger partial charge in [-0.1, -0.05) is 111 Å². The minimum absolute atomic E-state index is 0. The molecule has 0 amide bonds. The summed E-state index contributed by atoms with van der Waals surface area (Å²) in [4.78, 5) is 0. The lowest BCUT2D eigenvalue weighted by molar-refractivity contribution is -0.00000594. The van der Waals surface area contributed by atoms with E-state index in [1.165, 1.54) is 42.1 Å². The van der Waals surface area contributed by atoms with Crippen LogP contribution in [0, 0.1) is 0 Å². The fraction of sp³-hybridized carbons (Fsp3) is 0.172. The first-order chi connectivity index (χ1) is 14.8. The molecule has 31 heavy (non-hydrogen) atoms. The molecule has 0 N–H and O–H groups in total. The standard InChI is InChI=1S/C29H32P.HI/c1-2-3-13-23-30(24-20-27-14-7-4-8-15-27,25-21-28-16-9-5-10-17-28)26-22-29-18-11-6-12-19-29;/h4-12,14-22,24-26H,2-3,13,23H2,1H3;1H/q+1;/p-1/b24-20+,25-21+,26-22+;. The molecule has 3 rings (SSSR count). The summed E-state index contributed by atoms with van der Waals surface area (Å²) in [5, 5.41) is 0. The lowest BCUT2D eigenvalue weighted by atomic mass is 10.2. The Bertz CT molecular complexity index is 823. The van der Waals surface area contributed by atoms with E-state index in [9.17, 15) is 0 Å². The lowest BCUT2D eigenvalue weighted by Crippen LogP contribution is -3.00. The van der Waals surface area contributed by atoms with Crippen molar-refractivity contribution in [2.75, 3.05) is 6.16 Å². The highest BCUT2D eigenvalue weighted by Crippen LogP contribution is 2.65. The fourth-order valence-electron chi connectivity index (χ4n) is 3.38. The number of benzene rings is 3. The molecule has 0 bridgehead atoms. The minimum atomic E-state index is -1.56. The van der Waals surface area contributed by atoms with Crippen molar-refractivity contribution in [1.82, 2.24) is 0 Å². The maximum Gasteiger partial charge on any atom is 0.0892 e. The van der Waals surface area contributed by atoms with Gasteiger partial charge in [-0.25, -0.2) is 0 Å². The molecule has 0 saturated heterocycles. The molecular weight excluding hydrogens is 506 g/mol. The third-order valence-electron chi connectivity index (χ3n) is 5.18. The first-order valence-corrected chi connectivity index (χ1v) is 13.1. The third kappa shape index (κ3) is 8.97. The topological polar surface area (TPSA) is 0 Å². The molecule has 0 aromatic heterocycles. The fourth-order valence-corrected chi connectivity index (χ4v) is 6.24. The van der Waals surface area contributed by atoms with E-state index >= 15 is 0 Å². The highest BCUT2D eigenvalue weighted by molar-refractivity contribution is 7.84. The Hall–Kier alpha value is -1.96. The van der Waals surface area contributed by atoms with E-state index in [2.05, 4.69) is 134 Å². The summed E-state index contributed by atoms with van der Waals surface area (Å²) in [5.74, 6) is 7.45. The Morgan fingerprint density at radius 1 is 0.548 bits per heavy atom. The van der Waals surface area contributed by atoms with Crippen molar-refractivity contribution in [3.8, 4) is 0 Å². The quantitative estimate of drug-likeness (QED) is 0.164. The van der Waals surface area contributed by atoms with E-state index < -0.39 is 7.26 Å². The predicted molar refractivity (Wildman–Crippen MR) is 138 cm³/mol. The predicted octanol–water partition coefficient (Wildman–Crippen LogP) is 6.21. The molecule has 0 nitrogen and oxygen atoms in total. The summed E-state index contributed by atoms with van der Waals surface area (Å²) in [6, 6.07) is 31.9. The minimum Gasteiger partial charge on any atom is -1.00 e. The van der Waals surface area contributed by atoms with E-state index in [4.69, 9.17) is 0 Å². The Balaban J connectivity index is 0.00000341. The van der Waals surface area contributed by atoms with Crippen molar-refractivity contribution in [3.05, 3.63) is 125 Å². The molecule has 0 atom stereocenters. The Kier molecular flexibility index (Phi) is 11.6. The first kappa shape index (κ1) is 25.3. The summed E-state index contributed by atoms with van der Waals surface area (Å²) in [7, 11) is -1.56. The Labute approximate surface area is 206 Å². The molecule has 0 spiro atoms. The number of unbranched alkanes of at least 4 members (excludes halogenated alkanes) is 2. The van der Waals surface area contributed by atoms with Crippen molar-refractivity contribution in [2.45, 2.75) is 26.2 Å². The third-order valence-corrected chi connectivity index (χ3v) is 8.38. The molecule has 0 fully saturated rings. The molecule has 0 radical (unpaired) electrons. The smallest absolute Gasteiger partial charge is 0.0892 e. The number of rotatable bonds is 10. The second-order valence-electron chi connectivity index (χ2n) is 7.60. The van der Waals surface area contributed by atoms with Crippen LogP contribution in [0.3, 0.4) is 0 Å². The average molecular weight is 538 g/mol. The summed E-state index contributed by atoms with van der Waals surface area (Å²) in [5.41, 5.74) is 3.79. The Morgan fingerprint density at radius 2 is 0.903 bits per heavy atom. The van der Waals surface area contributed by atoms with Crippen LogP contribution in [-0.2, 0) is 0 Å². The molecule has 0 saturated carbocycles. The van der Waals surface area contributed by atoms with Gasteiger partial charge in [-0.15, -0.1) is 0 Å². The summed E-state index contributed by atoms with van der Waals surface area (Å²) >= 11 is 0. The zero-order chi connectivity index (χ0) is 20.9. The van der Waals surface area contributed by atoms with Crippen LogP contribution < -0.4 is 24.0 Å². The second kappa shape index (κ2) is 14.2. The molecule has 3 aromatic carbocycles. The summed E-state index contributed by atoms with van der Waals surface area (Å²) in [6.07, 6.45) is 11.9. The molecule has 0 heterocycles. The van der Waals surface area contributed by atoms with Crippen LogP contribution in [-0.4, -0.2) is 6.16 Å². The summed E-state index contributed by atoms with van der Waals surface area (Å²) in [6.45, 7) is 2.28. The van der Waals surface area contributed by atoms with E-state index in [1.54, 1.807) is 0 Å². The zero-order valence-corrected chi connectivity index (χ0v) is 21.3. The summed E-state index contributed by atoms with van der Waals surface area (Å²) < 4.78 is 0. The van der Waals surface area contributed by atoms with Gasteiger partial charge in [0.05, 0.1) is 30.9 Å². The van der Waals surface area contributed by atoms with Crippen LogP contribution in [0.25, 0.3) is 18.2 Å². The van der Waals surface area contributed by atoms with Crippen LogP contribution >= 0.6 is 7.26 Å². The number of hydrogen-bond donors (Lipinski definition) is 0. The zero-order valence-electron chi connectivity index (χ0n) is 18.3. The monoisotopic (exact) mass is 538 g/mol. The van der Waals surface area contributed by atoms with Gasteiger partial charge in [-0.05, 0) is 41.3 Å². The van der Waals surface area contributed by atoms with Crippen LogP contribution in [0.2, 0.25) is 0 Å². The van der Waals surface area contributed by atoms with E-state index in [0.29, 0.717) is 0 Å².